The Labute approximate surface area is 202 Å². The fraction of sp³-hybridized carbons (Fsp3) is 0.357. The average Bonchev–Trinajstić information content (AvgIpc) is 2.76. The van der Waals surface area contributed by atoms with Crippen LogP contribution in [0.1, 0.15) is 52.2 Å². The second kappa shape index (κ2) is 9.92. The highest BCUT2D eigenvalue weighted by molar-refractivity contribution is 6.14. The van der Waals surface area contributed by atoms with Crippen LogP contribution in [0.2, 0.25) is 0 Å². The summed E-state index contributed by atoms with van der Waals surface area (Å²) in [4.78, 5) is 24.6. The van der Waals surface area contributed by atoms with E-state index in [4.69, 9.17) is 21.7 Å². The lowest BCUT2D eigenvalue weighted by Crippen LogP contribution is -2.43. The summed E-state index contributed by atoms with van der Waals surface area (Å²) in [5.41, 5.74) is 1.75. The molecule has 0 aliphatic carbocycles. The summed E-state index contributed by atoms with van der Waals surface area (Å²) in [6.07, 6.45) is 2.98. The summed E-state index contributed by atoms with van der Waals surface area (Å²) >= 11 is 0. The number of aryl methyl sites for hydroxylation is 2. The van der Waals surface area contributed by atoms with Crippen LogP contribution in [-0.2, 0) is 22.4 Å². The molecule has 0 aliphatic heterocycles. The van der Waals surface area contributed by atoms with Crippen molar-refractivity contribution in [3.05, 3.63) is 76.7 Å². The maximum atomic E-state index is 13.0. The predicted molar refractivity (Wildman–Crippen MR) is 136 cm³/mol. The van der Waals surface area contributed by atoms with E-state index in [2.05, 4.69) is 20.4 Å². The van der Waals surface area contributed by atoms with Crippen LogP contribution in [0.25, 0.3) is 22.1 Å². The van der Waals surface area contributed by atoms with Crippen LogP contribution in [0.5, 0.6) is 5.75 Å². The second-order valence-corrected chi connectivity index (χ2v) is 9.28. The molecule has 1 atom stereocenters. The smallest absolute Gasteiger partial charge is 0.344 e. The molecule has 0 saturated heterocycles. The summed E-state index contributed by atoms with van der Waals surface area (Å²) in [6.45, 7) is 12.8. The molecule has 6 heteroatoms. The number of benzene rings is 2. The van der Waals surface area contributed by atoms with Gasteiger partial charge in [-0.3, -0.25) is 0 Å². The molecule has 0 spiro atoms. The van der Waals surface area contributed by atoms with Gasteiger partial charge in [0.1, 0.15) is 24.8 Å². The highest BCUT2D eigenvalue weighted by Gasteiger charge is 2.32. The van der Waals surface area contributed by atoms with E-state index in [-0.39, 0.29) is 6.42 Å². The monoisotopic (exact) mass is 458 g/mol. The molecule has 1 heterocycles. The SMILES string of the molecule is [B]C(C)(CC(C)(C)OC(=O)C=C)Oc1ccc2cc(-c3c(CC)cccc3CC)c(=O)oc2c1. The third-order valence-electron chi connectivity index (χ3n) is 5.65. The molecule has 5 nitrogen and oxygen atoms in total. The van der Waals surface area contributed by atoms with Gasteiger partial charge < -0.3 is 13.9 Å². The molecule has 0 amide bonds. The molecule has 3 rings (SSSR count). The van der Waals surface area contributed by atoms with Gasteiger partial charge in [0.2, 0.25) is 0 Å². The standard InChI is InChI=1S/C28H31BO5/c1-7-18-11-10-12-19(8-2)25(18)22-15-20-13-14-21(16-23(20)32-26(22)31)33-28(6,29)17-27(4,5)34-24(30)9-3/h9-16H,3,7-8,17H2,1-2,4-6H3. The van der Waals surface area contributed by atoms with E-state index in [0.717, 1.165) is 41.0 Å². The van der Waals surface area contributed by atoms with E-state index in [1.807, 2.05) is 30.3 Å². The van der Waals surface area contributed by atoms with E-state index in [1.165, 1.54) is 0 Å². The number of hydrogen-bond donors (Lipinski definition) is 0. The van der Waals surface area contributed by atoms with Crippen LogP contribution >= 0.6 is 0 Å². The molecule has 0 fully saturated rings. The van der Waals surface area contributed by atoms with Crippen molar-refractivity contribution in [2.24, 2.45) is 0 Å². The largest absolute Gasteiger partial charge is 0.497 e. The molecular weight excluding hydrogens is 427 g/mol. The van der Waals surface area contributed by atoms with E-state index in [1.54, 1.807) is 32.9 Å². The fourth-order valence-corrected chi connectivity index (χ4v) is 4.42. The highest BCUT2D eigenvalue weighted by Crippen LogP contribution is 2.32. The van der Waals surface area contributed by atoms with Crippen molar-refractivity contribution in [2.45, 2.75) is 65.0 Å². The molecular formula is C28H31BO5. The fourth-order valence-electron chi connectivity index (χ4n) is 4.42. The third kappa shape index (κ3) is 5.80. The molecule has 0 saturated carbocycles. The van der Waals surface area contributed by atoms with Gasteiger partial charge in [0.15, 0.2) is 0 Å². The maximum Gasteiger partial charge on any atom is 0.344 e. The van der Waals surface area contributed by atoms with Gasteiger partial charge in [0.25, 0.3) is 0 Å². The van der Waals surface area contributed by atoms with Gasteiger partial charge in [0.05, 0.1) is 11.1 Å². The minimum atomic E-state index is -1.14. The predicted octanol–water partition coefficient (Wildman–Crippen LogP) is 5.75. The zero-order valence-corrected chi connectivity index (χ0v) is 20.6. The summed E-state index contributed by atoms with van der Waals surface area (Å²) in [7, 11) is 6.36. The van der Waals surface area contributed by atoms with E-state index in [0.29, 0.717) is 16.9 Å². The molecule has 2 aromatic carbocycles. The Balaban J connectivity index is 1.93. The van der Waals surface area contributed by atoms with Gasteiger partial charge in [-0.15, -0.1) is 0 Å². The number of rotatable bonds is 9. The number of ether oxygens (including phenoxy) is 2. The molecule has 1 unspecified atom stereocenters. The quantitative estimate of drug-likeness (QED) is 0.177. The first kappa shape index (κ1) is 25.3. The molecule has 0 bridgehead atoms. The van der Waals surface area contributed by atoms with Crippen LogP contribution in [0.4, 0.5) is 0 Å². The number of fused-ring (bicyclic) bond motifs is 1. The van der Waals surface area contributed by atoms with Crippen molar-refractivity contribution in [2.75, 3.05) is 0 Å². The van der Waals surface area contributed by atoms with Crippen molar-refractivity contribution in [3.8, 4) is 16.9 Å². The summed E-state index contributed by atoms with van der Waals surface area (Å²) in [5.74, 6) is -0.0811. The van der Waals surface area contributed by atoms with E-state index >= 15 is 0 Å². The van der Waals surface area contributed by atoms with Crippen molar-refractivity contribution in [1.29, 1.82) is 0 Å². The van der Waals surface area contributed by atoms with Crippen molar-refractivity contribution < 1.29 is 18.7 Å². The Morgan fingerprint density at radius 3 is 2.32 bits per heavy atom. The molecule has 0 aliphatic rings. The van der Waals surface area contributed by atoms with Gasteiger partial charge in [-0.2, -0.15) is 0 Å². The van der Waals surface area contributed by atoms with Gasteiger partial charge in [-0.1, -0.05) is 38.6 Å². The molecule has 0 N–H and O–H groups in total. The minimum Gasteiger partial charge on any atom is -0.497 e. The number of carbonyl (C=O) groups is 1. The second-order valence-electron chi connectivity index (χ2n) is 9.28. The van der Waals surface area contributed by atoms with E-state index in [9.17, 15) is 9.59 Å². The third-order valence-corrected chi connectivity index (χ3v) is 5.65. The van der Waals surface area contributed by atoms with Crippen molar-refractivity contribution in [3.63, 3.8) is 0 Å². The maximum absolute atomic E-state index is 13.0. The number of esters is 1. The first-order valence-electron chi connectivity index (χ1n) is 11.5. The summed E-state index contributed by atoms with van der Waals surface area (Å²) < 4.78 is 17.1. The topological polar surface area (TPSA) is 65.7 Å². The lowest BCUT2D eigenvalue weighted by Gasteiger charge is -2.35. The Kier molecular flexibility index (Phi) is 7.40. The van der Waals surface area contributed by atoms with Crippen LogP contribution in [0.3, 0.4) is 0 Å². The first-order valence-corrected chi connectivity index (χ1v) is 11.5. The Morgan fingerprint density at radius 1 is 1.09 bits per heavy atom. The van der Waals surface area contributed by atoms with Crippen LogP contribution < -0.4 is 10.4 Å². The molecule has 34 heavy (non-hydrogen) atoms. The number of hydrogen-bond acceptors (Lipinski definition) is 5. The zero-order valence-electron chi connectivity index (χ0n) is 20.6. The van der Waals surface area contributed by atoms with Crippen LogP contribution in [-0.4, -0.2) is 24.9 Å². The number of carbonyl (C=O) groups excluding carboxylic acids is 1. The summed E-state index contributed by atoms with van der Waals surface area (Å²) in [5, 5.41) is 0.786. The molecule has 1 aromatic heterocycles. The molecule has 176 valence electrons. The van der Waals surface area contributed by atoms with Gasteiger partial charge in [-0.25, -0.2) is 9.59 Å². The van der Waals surface area contributed by atoms with Gasteiger partial charge >= 0.3 is 11.6 Å². The van der Waals surface area contributed by atoms with Gasteiger partial charge in [-0.05, 0) is 68.5 Å². The minimum absolute atomic E-state index is 0.230. The van der Waals surface area contributed by atoms with Gasteiger partial charge in [0, 0.05) is 23.9 Å². The normalized spacial score (nSPS) is 13.3. The highest BCUT2D eigenvalue weighted by atomic mass is 16.6. The Bertz CT molecular complexity index is 1250. The first-order chi connectivity index (χ1) is 16.0. The van der Waals surface area contributed by atoms with Crippen molar-refractivity contribution >= 4 is 24.8 Å². The average molecular weight is 458 g/mol. The lowest BCUT2D eigenvalue weighted by atomic mass is 9.75. The van der Waals surface area contributed by atoms with Crippen molar-refractivity contribution in [1.82, 2.24) is 0 Å². The molecule has 3 aromatic rings. The Hall–Kier alpha value is -3.28. The zero-order chi connectivity index (χ0) is 25.1. The lowest BCUT2D eigenvalue weighted by molar-refractivity contribution is -0.152. The van der Waals surface area contributed by atoms with Crippen LogP contribution in [0.15, 0.2) is 64.3 Å². The van der Waals surface area contributed by atoms with Crippen LogP contribution in [0, 0.1) is 0 Å². The molecule has 2 radical (unpaired) electrons. The summed E-state index contributed by atoms with van der Waals surface area (Å²) in [6, 6.07) is 13.3. The Morgan fingerprint density at radius 2 is 1.74 bits per heavy atom. The van der Waals surface area contributed by atoms with E-state index < -0.39 is 22.7 Å².